The van der Waals surface area contributed by atoms with E-state index < -0.39 is 5.41 Å². The summed E-state index contributed by atoms with van der Waals surface area (Å²) < 4.78 is 0. The molecule has 5 heteroatoms. The number of fused-ring (bicyclic) bond motifs is 7. The molecular formula is C37H52ClNO3. The minimum Gasteiger partial charge on any atom is -0.393 e. The van der Waals surface area contributed by atoms with Crippen LogP contribution in [0.5, 0.6) is 0 Å². The minimum absolute atomic E-state index is 0.00874. The largest absolute Gasteiger partial charge is 0.393 e. The molecule has 230 valence electrons. The maximum absolute atomic E-state index is 14.3. The molecule has 5 aliphatic rings. The SMILES string of the molecule is CC(C)C1=C2C3CCC4[C@@]5(C)CC[C@H](O)C(C)(C)C5CC[C@@]4(C)[C@]3(C)CC[C@@]2(C(=O)NCc2ccccc2Cl)CC1=O. The molecule has 4 nitrogen and oxygen atoms in total. The number of halogens is 1. The third kappa shape index (κ3) is 3.95. The standard InChI is InChI=1S/C37H52ClNO3/c1-22(2)30-26(40)20-37(32(42)39-21-23-10-8-9-11-25(23)38)19-18-35(6)24(31(30)37)12-13-28-34(5)16-15-29(41)33(3,4)27(34)14-17-36(28,35)7/h8-11,22,24,27-29,41H,12-21H2,1-7H3,(H,39,42)/t24?,27?,28?,29-,34-,35+,36+,37+/m0/s1. The topological polar surface area (TPSA) is 66.4 Å². The molecule has 0 aliphatic heterocycles. The van der Waals surface area contributed by atoms with Crippen molar-refractivity contribution in [3.63, 3.8) is 0 Å². The highest BCUT2D eigenvalue weighted by Gasteiger charge is 2.70. The van der Waals surface area contributed by atoms with Crippen molar-refractivity contribution >= 4 is 23.3 Å². The fourth-order valence-electron chi connectivity index (χ4n) is 11.9. The van der Waals surface area contributed by atoms with Gasteiger partial charge in [-0.2, -0.15) is 0 Å². The van der Waals surface area contributed by atoms with Crippen LogP contribution >= 0.6 is 11.6 Å². The van der Waals surface area contributed by atoms with E-state index in [4.69, 9.17) is 11.6 Å². The average molecular weight is 594 g/mol. The molecule has 0 bridgehead atoms. The third-order valence-electron chi connectivity index (χ3n) is 14.2. The number of ketones is 1. The highest BCUT2D eigenvalue weighted by atomic mass is 35.5. The summed E-state index contributed by atoms with van der Waals surface area (Å²) in [5.74, 6) is 1.64. The summed E-state index contributed by atoms with van der Waals surface area (Å²) >= 11 is 6.44. The molecule has 2 N–H and O–H groups in total. The van der Waals surface area contributed by atoms with Gasteiger partial charge in [0.05, 0.1) is 11.5 Å². The van der Waals surface area contributed by atoms with E-state index in [1.165, 1.54) is 5.57 Å². The maximum atomic E-state index is 14.3. The number of benzene rings is 1. The van der Waals surface area contributed by atoms with Crippen molar-refractivity contribution in [2.45, 2.75) is 119 Å². The summed E-state index contributed by atoms with van der Waals surface area (Å²) in [5, 5.41) is 14.9. The van der Waals surface area contributed by atoms with E-state index in [0.717, 1.165) is 62.5 Å². The van der Waals surface area contributed by atoms with Crippen molar-refractivity contribution in [3.05, 3.63) is 46.0 Å². The van der Waals surface area contributed by atoms with Gasteiger partial charge >= 0.3 is 0 Å². The van der Waals surface area contributed by atoms with Crippen LogP contribution in [-0.2, 0) is 16.1 Å². The molecule has 4 fully saturated rings. The molecule has 3 unspecified atom stereocenters. The first kappa shape index (κ1) is 30.4. The van der Waals surface area contributed by atoms with Crippen LogP contribution in [0.15, 0.2) is 35.4 Å². The average Bonchev–Trinajstić information content (AvgIpc) is 3.24. The Hall–Kier alpha value is -1.65. The first-order valence-electron chi connectivity index (χ1n) is 16.6. The van der Waals surface area contributed by atoms with Gasteiger partial charge in [-0.1, -0.05) is 78.3 Å². The number of nitrogens with one attached hydrogen (secondary N) is 1. The van der Waals surface area contributed by atoms with Gasteiger partial charge in [0.2, 0.25) is 5.91 Å². The number of aliphatic hydroxyl groups is 1. The summed E-state index contributed by atoms with van der Waals surface area (Å²) in [6.45, 7) is 16.9. The lowest BCUT2D eigenvalue weighted by atomic mass is 9.33. The number of rotatable bonds is 4. The van der Waals surface area contributed by atoms with Gasteiger partial charge < -0.3 is 10.4 Å². The second kappa shape index (κ2) is 9.93. The molecule has 0 saturated heterocycles. The summed E-state index contributed by atoms with van der Waals surface area (Å²) in [4.78, 5) is 28.1. The molecule has 1 aromatic rings. The number of hydrogen-bond donors (Lipinski definition) is 2. The number of hydrogen-bond acceptors (Lipinski definition) is 3. The van der Waals surface area contributed by atoms with Gasteiger partial charge in [-0.15, -0.1) is 0 Å². The molecule has 42 heavy (non-hydrogen) atoms. The van der Waals surface area contributed by atoms with Crippen LogP contribution in [0.1, 0.15) is 112 Å². The highest BCUT2D eigenvalue weighted by Crippen LogP contribution is 2.76. The van der Waals surface area contributed by atoms with Gasteiger partial charge in [-0.25, -0.2) is 0 Å². The zero-order valence-corrected chi connectivity index (χ0v) is 27.7. The number of allylic oxidation sites excluding steroid dienone is 1. The monoisotopic (exact) mass is 593 g/mol. The molecule has 0 spiro atoms. The lowest BCUT2D eigenvalue weighted by Crippen LogP contribution is -2.66. The van der Waals surface area contributed by atoms with Crippen molar-refractivity contribution in [3.8, 4) is 0 Å². The lowest BCUT2D eigenvalue weighted by Gasteiger charge is -2.72. The van der Waals surface area contributed by atoms with E-state index >= 15 is 0 Å². The van der Waals surface area contributed by atoms with Gasteiger partial charge in [-0.05, 0) is 119 Å². The van der Waals surface area contributed by atoms with Crippen molar-refractivity contribution in [1.29, 1.82) is 0 Å². The van der Waals surface area contributed by atoms with Crippen LogP contribution in [-0.4, -0.2) is 22.9 Å². The highest BCUT2D eigenvalue weighted by molar-refractivity contribution is 6.31. The number of carbonyl (C=O) groups is 2. The molecule has 1 amide bonds. The predicted octanol–water partition coefficient (Wildman–Crippen LogP) is 8.30. The van der Waals surface area contributed by atoms with Crippen LogP contribution in [0.25, 0.3) is 0 Å². The number of aliphatic hydroxyl groups excluding tert-OH is 1. The Balaban J connectivity index is 1.38. The van der Waals surface area contributed by atoms with Gasteiger partial charge in [0.1, 0.15) is 0 Å². The van der Waals surface area contributed by atoms with E-state index in [1.54, 1.807) is 0 Å². The van der Waals surface area contributed by atoms with Gasteiger partial charge in [-0.3, -0.25) is 9.59 Å². The predicted molar refractivity (Wildman–Crippen MR) is 169 cm³/mol. The van der Waals surface area contributed by atoms with Crippen molar-refractivity contribution < 1.29 is 14.7 Å². The fourth-order valence-corrected chi connectivity index (χ4v) is 12.1. The smallest absolute Gasteiger partial charge is 0.231 e. The van der Waals surface area contributed by atoms with E-state index in [-0.39, 0.29) is 51.3 Å². The van der Waals surface area contributed by atoms with Crippen LogP contribution < -0.4 is 5.32 Å². The molecule has 1 aromatic carbocycles. The summed E-state index contributed by atoms with van der Waals surface area (Å²) in [5.41, 5.74) is 2.58. The number of amides is 1. The second-order valence-electron chi connectivity index (χ2n) is 16.4. The van der Waals surface area contributed by atoms with Crippen molar-refractivity contribution in [2.75, 3.05) is 0 Å². The summed E-state index contributed by atoms with van der Waals surface area (Å²) in [6.07, 6.45) is 8.25. The van der Waals surface area contributed by atoms with Crippen LogP contribution in [0.3, 0.4) is 0 Å². The minimum atomic E-state index is -0.747. The summed E-state index contributed by atoms with van der Waals surface area (Å²) in [7, 11) is 0. The first-order valence-corrected chi connectivity index (χ1v) is 17.0. The Morgan fingerprint density at radius 3 is 2.36 bits per heavy atom. The molecular weight excluding hydrogens is 542 g/mol. The number of carbonyl (C=O) groups excluding carboxylic acids is 2. The zero-order chi connectivity index (χ0) is 30.5. The van der Waals surface area contributed by atoms with Crippen LogP contribution in [0.4, 0.5) is 0 Å². The lowest BCUT2D eigenvalue weighted by molar-refractivity contribution is -0.228. The van der Waals surface area contributed by atoms with E-state index in [2.05, 4.69) is 53.8 Å². The summed E-state index contributed by atoms with van der Waals surface area (Å²) in [6, 6.07) is 7.67. The Labute approximate surface area is 258 Å². The van der Waals surface area contributed by atoms with E-state index in [9.17, 15) is 14.7 Å². The first-order chi connectivity index (χ1) is 19.6. The van der Waals surface area contributed by atoms with Crippen molar-refractivity contribution in [2.24, 2.45) is 50.7 Å². The Morgan fingerprint density at radius 1 is 0.952 bits per heavy atom. The Bertz CT molecular complexity index is 1330. The quantitative estimate of drug-likeness (QED) is 0.369. The van der Waals surface area contributed by atoms with Gasteiger partial charge in [0.25, 0.3) is 0 Å². The maximum Gasteiger partial charge on any atom is 0.231 e. The molecule has 0 radical (unpaired) electrons. The van der Waals surface area contributed by atoms with E-state index in [0.29, 0.717) is 29.8 Å². The Morgan fingerprint density at radius 2 is 1.67 bits per heavy atom. The molecule has 0 aromatic heterocycles. The van der Waals surface area contributed by atoms with Crippen LogP contribution in [0, 0.1) is 50.7 Å². The zero-order valence-electron chi connectivity index (χ0n) is 26.9. The molecule has 5 aliphatic carbocycles. The van der Waals surface area contributed by atoms with E-state index in [1.807, 2.05) is 24.3 Å². The third-order valence-corrected chi connectivity index (χ3v) is 14.6. The van der Waals surface area contributed by atoms with Gasteiger partial charge in [0, 0.05) is 18.0 Å². The van der Waals surface area contributed by atoms with Crippen LogP contribution in [0.2, 0.25) is 5.02 Å². The van der Waals surface area contributed by atoms with Crippen molar-refractivity contribution in [1.82, 2.24) is 5.32 Å². The normalized spacial score (nSPS) is 42.5. The molecule has 0 heterocycles. The molecule has 6 rings (SSSR count). The van der Waals surface area contributed by atoms with Gasteiger partial charge in [0.15, 0.2) is 5.78 Å². The molecule has 8 atom stereocenters. The Kier molecular flexibility index (Phi) is 7.18. The molecule has 4 saturated carbocycles. The number of Topliss-reactive ketones (excluding diaryl/α,β-unsaturated/α-hetero) is 1. The fraction of sp³-hybridized carbons (Fsp3) is 0.730. The second-order valence-corrected chi connectivity index (χ2v) is 16.8.